The van der Waals surface area contributed by atoms with Crippen molar-refractivity contribution in [2.24, 2.45) is 5.41 Å². The maximum atomic E-state index is 12.2. The highest BCUT2D eigenvalue weighted by molar-refractivity contribution is 6.24. The van der Waals surface area contributed by atoms with Gasteiger partial charge in [-0.1, -0.05) is 31.0 Å². The van der Waals surface area contributed by atoms with Gasteiger partial charge in [0.15, 0.2) is 0 Å². The molecule has 3 fully saturated rings. The van der Waals surface area contributed by atoms with Crippen molar-refractivity contribution < 1.29 is 4.79 Å². The van der Waals surface area contributed by atoms with E-state index in [0.29, 0.717) is 11.5 Å². The van der Waals surface area contributed by atoms with Gasteiger partial charge in [0.1, 0.15) is 0 Å². The van der Waals surface area contributed by atoms with Crippen LogP contribution in [0.2, 0.25) is 0 Å². The van der Waals surface area contributed by atoms with Crippen LogP contribution in [0.4, 0.5) is 5.69 Å². The molecule has 4 aliphatic rings. The van der Waals surface area contributed by atoms with Crippen molar-refractivity contribution in [1.29, 1.82) is 0 Å². The molecule has 2 aliphatic heterocycles. The van der Waals surface area contributed by atoms with Gasteiger partial charge >= 0.3 is 0 Å². The number of aromatic nitrogens is 2. The van der Waals surface area contributed by atoms with Gasteiger partial charge in [0.25, 0.3) is 5.91 Å². The van der Waals surface area contributed by atoms with E-state index in [1.54, 1.807) is 0 Å². The number of carbonyl (C=O) groups is 1. The van der Waals surface area contributed by atoms with Gasteiger partial charge in [-0.2, -0.15) is 5.10 Å². The number of likely N-dealkylation sites (tertiary alicyclic amines) is 1. The van der Waals surface area contributed by atoms with Gasteiger partial charge in [0.2, 0.25) is 0 Å². The Morgan fingerprint density at radius 3 is 2.70 bits per heavy atom. The number of amides is 1. The lowest BCUT2D eigenvalue weighted by Gasteiger charge is -2.49. The molecule has 1 N–H and O–H groups in total. The molecule has 5 nitrogen and oxygen atoms in total. The molecule has 7 rings (SSSR count). The SMILES string of the molecule is O=C1Nc2ccc(Cc3cnn(C4CCN([C@@H]5CCCC56CCC6)CC4)c3)c3cccc1c23. The van der Waals surface area contributed by atoms with Crippen LogP contribution in [0, 0.1) is 5.41 Å². The van der Waals surface area contributed by atoms with Crippen LogP contribution in [-0.2, 0) is 6.42 Å². The lowest BCUT2D eigenvalue weighted by Crippen LogP contribution is -2.50. The van der Waals surface area contributed by atoms with Gasteiger partial charge in [-0.05, 0) is 72.6 Å². The van der Waals surface area contributed by atoms with Crippen molar-refractivity contribution in [3.05, 3.63) is 59.4 Å². The number of nitrogens with one attached hydrogen (secondary N) is 1. The monoisotopic (exact) mass is 440 g/mol. The minimum absolute atomic E-state index is 0.00717. The number of anilines is 1. The summed E-state index contributed by atoms with van der Waals surface area (Å²) in [5.74, 6) is 0.00717. The Morgan fingerprint density at radius 1 is 1.03 bits per heavy atom. The lowest BCUT2D eigenvalue weighted by molar-refractivity contribution is 0.00573. The third-order valence-corrected chi connectivity index (χ3v) is 9.20. The maximum Gasteiger partial charge on any atom is 0.256 e. The van der Waals surface area contributed by atoms with E-state index in [1.165, 1.54) is 81.0 Å². The molecule has 2 saturated carbocycles. The van der Waals surface area contributed by atoms with Crippen LogP contribution in [0.5, 0.6) is 0 Å². The van der Waals surface area contributed by atoms with E-state index in [1.807, 2.05) is 24.4 Å². The van der Waals surface area contributed by atoms with Gasteiger partial charge in [0.05, 0.1) is 12.2 Å². The summed E-state index contributed by atoms with van der Waals surface area (Å²) in [5.41, 5.74) is 4.92. The number of rotatable bonds is 4. The molecule has 1 atom stereocenters. The van der Waals surface area contributed by atoms with Crippen LogP contribution in [0.15, 0.2) is 42.7 Å². The van der Waals surface area contributed by atoms with Crippen LogP contribution in [-0.4, -0.2) is 39.7 Å². The molecule has 170 valence electrons. The molecular formula is C28H32N4O. The number of hydrogen-bond acceptors (Lipinski definition) is 3. The zero-order chi connectivity index (χ0) is 22.0. The minimum Gasteiger partial charge on any atom is -0.321 e. The predicted molar refractivity (Wildman–Crippen MR) is 131 cm³/mol. The Hall–Kier alpha value is -2.66. The molecule has 1 spiro atoms. The summed E-state index contributed by atoms with van der Waals surface area (Å²) < 4.78 is 2.23. The van der Waals surface area contributed by atoms with Crippen LogP contribution < -0.4 is 5.32 Å². The normalized spacial score (nSPS) is 24.5. The number of carbonyl (C=O) groups excluding carboxylic acids is 1. The van der Waals surface area contributed by atoms with E-state index in [9.17, 15) is 4.79 Å². The first-order valence-electron chi connectivity index (χ1n) is 12.8. The van der Waals surface area contributed by atoms with Gasteiger partial charge in [-0.15, -0.1) is 0 Å². The Balaban J connectivity index is 1.06. The maximum absolute atomic E-state index is 12.2. The molecule has 1 aromatic heterocycles. The molecule has 5 heteroatoms. The lowest BCUT2D eigenvalue weighted by atomic mass is 9.64. The average molecular weight is 441 g/mol. The largest absolute Gasteiger partial charge is 0.321 e. The van der Waals surface area contributed by atoms with Crippen LogP contribution in [0.25, 0.3) is 10.8 Å². The number of hydrogen-bond donors (Lipinski definition) is 1. The highest BCUT2D eigenvalue weighted by atomic mass is 16.1. The van der Waals surface area contributed by atoms with Crippen molar-refractivity contribution in [1.82, 2.24) is 14.7 Å². The Morgan fingerprint density at radius 2 is 1.88 bits per heavy atom. The molecule has 2 aliphatic carbocycles. The Labute approximate surface area is 195 Å². The van der Waals surface area contributed by atoms with E-state index in [2.05, 4.69) is 33.2 Å². The summed E-state index contributed by atoms with van der Waals surface area (Å²) >= 11 is 0. The topological polar surface area (TPSA) is 50.2 Å². The summed E-state index contributed by atoms with van der Waals surface area (Å²) in [6, 6.07) is 11.6. The molecule has 0 unspecified atom stereocenters. The van der Waals surface area contributed by atoms with E-state index in [0.717, 1.165) is 29.1 Å². The molecule has 33 heavy (non-hydrogen) atoms. The Bertz CT molecular complexity index is 1230. The molecule has 0 bridgehead atoms. The van der Waals surface area contributed by atoms with Crippen molar-refractivity contribution in [2.45, 2.75) is 69.9 Å². The smallest absolute Gasteiger partial charge is 0.256 e. The van der Waals surface area contributed by atoms with Gasteiger partial charge in [-0.3, -0.25) is 14.4 Å². The Kier molecular flexibility index (Phi) is 4.45. The van der Waals surface area contributed by atoms with Crippen molar-refractivity contribution in [3.63, 3.8) is 0 Å². The number of benzene rings is 2. The van der Waals surface area contributed by atoms with Crippen molar-refractivity contribution >= 4 is 22.4 Å². The third-order valence-electron chi connectivity index (χ3n) is 9.20. The zero-order valence-corrected chi connectivity index (χ0v) is 19.2. The minimum atomic E-state index is 0.00717. The van der Waals surface area contributed by atoms with Crippen LogP contribution in [0.1, 0.15) is 78.9 Å². The first-order chi connectivity index (χ1) is 16.2. The number of piperidine rings is 1. The summed E-state index contributed by atoms with van der Waals surface area (Å²) in [5, 5.41) is 10.0. The van der Waals surface area contributed by atoms with Gasteiger partial charge in [-0.25, -0.2) is 0 Å². The number of nitrogens with zero attached hydrogens (tertiary/aromatic N) is 3. The molecule has 1 saturated heterocycles. The quantitative estimate of drug-likeness (QED) is 0.578. The predicted octanol–water partition coefficient (Wildman–Crippen LogP) is 5.55. The fourth-order valence-electron chi connectivity index (χ4n) is 7.36. The molecule has 3 aromatic rings. The molecule has 0 radical (unpaired) electrons. The standard InChI is InChI=1S/C28H32N4O/c33-27-23-5-1-4-22-20(7-8-24(30-27)26(22)23)16-19-17-29-32(18-19)21-9-14-31(15-10-21)25-6-2-11-28(25)12-3-13-28/h1,4-5,7-8,17-18,21,25H,2-3,6,9-16H2,(H,30,33)/t25-/m1/s1. The second-order valence-electron chi connectivity index (χ2n) is 10.9. The second kappa shape index (κ2) is 7.42. The summed E-state index contributed by atoms with van der Waals surface area (Å²) in [6.45, 7) is 2.45. The van der Waals surface area contributed by atoms with E-state index in [-0.39, 0.29) is 5.91 Å². The summed E-state index contributed by atoms with van der Waals surface area (Å²) in [7, 11) is 0. The van der Waals surface area contributed by atoms with E-state index >= 15 is 0 Å². The van der Waals surface area contributed by atoms with Crippen LogP contribution >= 0.6 is 0 Å². The molecule has 3 heterocycles. The van der Waals surface area contributed by atoms with Gasteiger partial charge < -0.3 is 5.32 Å². The first-order valence-corrected chi connectivity index (χ1v) is 12.8. The zero-order valence-electron chi connectivity index (χ0n) is 19.2. The van der Waals surface area contributed by atoms with E-state index in [4.69, 9.17) is 5.10 Å². The molecule has 1 amide bonds. The molecular weight excluding hydrogens is 408 g/mol. The third kappa shape index (κ3) is 3.08. The highest BCUT2D eigenvalue weighted by Gasteiger charge is 2.49. The van der Waals surface area contributed by atoms with Crippen LogP contribution in [0.3, 0.4) is 0 Å². The fraction of sp³-hybridized carbons (Fsp3) is 0.500. The highest BCUT2D eigenvalue weighted by Crippen LogP contribution is 2.55. The summed E-state index contributed by atoms with van der Waals surface area (Å²) in [4.78, 5) is 15.1. The second-order valence-corrected chi connectivity index (χ2v) is 10.9. The van der Waals surface area contributed by atoms with E-state index < -0.39 is 0 Å². The fourth-order valence-corrected chi connectivity index (χ4v) is 7.36. The van der Waals surface area contributed by atoms with Crippen molar-refractivity contribution in [3.8, 4) is 0 Å². The van der Waals surface area contributed by atoms with Gasteiger partial charge in [0, 0.05) is 48.4 Å². The molecule has 2 aromatic carbocycles. The summed E-state index contributed by atoms with van der Waals surface area (Å²) in [6.07, 6.45) is 16.3. The first kappa shape index (κ1) is 19.8. The van der Waals surface area contributed by atoms with Crippen molar-refractivity contribution in [2.75, 3.05) is 18.4 Å². The average Bonchev–Trinajstić information content (AvgIpc) is 3.54.